The summed E-state index contributed by atoms with van der Waals surface area (Å²) < 4.78 is 17.8. The highest BCUT2D eigenvalue weighted by atomic mass is 16.7. The number of rotatable bonds is 5. The molecular formula is C23H22N2O5. The number of benzene rings is 2. The van der Waals surface area contributed by atoms with Crippen LogP contribution in [-0.4, -0.2) is 29.8 Å². The number of hydrogen-bond donors (Lipinski definition) is 1. The number of aromatic nitrogens is 1. The number of ether oxygens (including phenoxy) is 3. The van der Waals surface area contributed by atoms with Crippen molar-refractivity contribution in [3.63, 3.8) is 0 Å². The van der Waals surface area contributed by atoms with Crippen LogP contribution in [0, 0.1) is 20.8 Å². The van der Waals surface area contributed by atoms with Gasteiger partial charge in [-0.15, -0.1) is 0 Å². The first-order chi connectivity index (χ1) is 14.4. The van der Waals surface area contributed by atoms with Crippen LogP contribution in [0.2, 0.25) is 0 Å². The Morgan fingerprint density at radius 1 is 1.00 bits per heavy atom. The maximum absolute atomic E-state index is 12.6. The molecule has 0 unspecified atom stereocenters. The molecule has 1 aromatic heterocycles. The lowest BCUT2D eigenvalue weighted by Gasteiger charge is -2.10. The van der Waals surface area contributed by atoms with Crippen molar-refractivity contribution in [2.45, 2.75) is 20.8 Å². The molecule has 0 aliphatic carbocycles. The highest BCUT2D eigenvalue weighted by Crippen LogP contribution is 2.34. The summed E-state index contributed by atoms with van der Waals surface area (Å²) in [6.45, 7) is 5.58. The number of fused-ring (bicyclic) bond motifs is 1. The molecule has 3 aromatic rings. The lowest BCUT2D eigenvalue weighted by atomic mass is 10.2. The van der Waals surface area contributed by atoms with Gasteiger partial charge >= 0.3 is 5.97 Å². The monoisotopic (exact) mass is 406 g/mol. The zero-order valence-electron chi connectivity index (χ0n) is 17.0. The molecule has 2 heterocycles. The largest absolute Gasteiger partial charge is 0.454 e. The van der Waals surface area contributed by atoms with Crippen LogP contribution in [0.3, 0.4) is 0 Å². The Morgan fingerprint density at radius 2 is 1.73 bits per heavy atom. The van der Waals surface area contributed by atoms with E-state index < -0.39 is 11.9 Å². The molecule has 0 atom stereocenters. The van der Waals surface area contributed by atoms with Gasteiger partial charge in [-0.05, 0) is 51.1 Å². The molecule has 1 aliphatic heterocycles. The number of aryl methyl sites for hydroxylation is 2. The first kappa shape index (κ1) is 19.6. The summed E-state index contributed by atoms with van der Waals surface area (Å²) in [5.74, 6) is 0.216. The molecule has 1 amide bonds. The zero-order chi connectivity index (χ0) is 21.3. The number of amides is 1. The maximum Gasteiger partial charge on any atom is 0.340 e. The summed E-state index contributed by atoms with van der Waals surface area (Å²) >= 11 is 0. The Labute approximate surface area is 174 Å². The van der Waals surface area contributed by atoms with E-state index >= 15 is 0 Å². The van der Waals surface area contributed by atoms with Crippen LogP contribution in [0.5, 0.6) is 11.5 Å². The molecule has 0 saturated heterocycles. The first-order valence-corrected chi connectivity index (χ1v) is 9.55. The van der Waals surface area contributed by atoms with Gasteiger partial charge in [-0.1, -0.05) is 17.7 Å². The van der Waals surface area contributed by atoms with Crippen molar-refractivity contribution in [2.24, 2.45) is 0 Å². The van der Waals surface area contributed by atoms with Gasteiger partial charge in [-0.25, -0.2) is 4.79 Å². The van der Waals surface area contributed by atoms with Crippen molar-refractivity contribution in [1.82, 2.24) is 4.57 Å². The van der Waals surface area contributed by atoms with Crippen LogP contribution < -0.4 is 14.8 Å². The van der Waals surface area contributed by atoms with Crippen molar-refractivity contribution in [1.29, 1.82) is 0 Å². The molecule has 4 rings (SSSR count). The molecule has 7 heteroatoms. The summed E-state index contributed by atoms with van der Waals surface area (Å²) in [4.78, 5) is 24.8. The Balaban J connectivity index is 1.41. The van der Waals surface area contributed by atoms with Gasteiger partial charge in [0.1, 0.15) is 0 Å². The van der Waals surface area contributed by atoms with Gasteiger partial charge in [0.15, 0.2) is 18.1 Å². The highest BCUT2D eigenvalue weighted by molar-refractivity contribution is 5.96. The number of carbonyl (C=O) groups is 2. The lowest BCUT2D eigenvalue weighted by Crippen LogP contribution is -2.21. The topological polar surface area (TPSA) is 78.8 Å². The van der Waals surface area contributed by atoms with Crippen molar-refractivity contribution in [3.8, 4) is 17.2 Å². The fraction of sp³-hybridized carbons (Fsp3) is 0.217. The highest BCUT2D eigenvalue weighted by Gasteiger charge is 2.19. The molecule has 0 spiro atoms. The van der Waals surface area contributed by atoms with E-state index in [1.54, 1.807) is 24.3 Å². The standard InChI is InChI=1S/C23H22N2O5/c1-14-4-7-18(8-5-14)25-15(2)10-19(16(25)3)23(27)28-12-22(26)24-17-6-9-20-21(11-17)30-13-29-20/h4-11H,12-13H2,1-3H3,(H,24,26). The van der Waals surface area contributed by atoms with E-state index in [1.165, 1.54) is 0 Å². The minimum absolute atomic E-state index is 0.158. The molecule has 0 bridgehead atoms. The second-order valence-electron chi connectivity index (χ2n) is 7.15. The summed E-state index contributed by atoms with van der Waals surface area (Å²) in [5, 5.41) is 2.68. The smallest absolute Gasteiger partial charge is 0.340 e. The molecule has 2 aromatic carbocycles. The minimum Gasteiger partial charge on any atom is -0.454 e. The molecule has 30 heavy (non-hydrogen) atoms. The van der Waals surface area contributed by atoms with E-state index in [-0.39, 0.29) is 13.4 Å². The van der Waals surface area contributed by atoms with Crippen molar-refractivity contribution >= 4 is 17.6 Å². The molecule has 1 aliphatic rings. The number of esters is 1. The van der Waals surface area contributed by atoms with Crippen LogP contribution >= 0.6 is 0 Å². The zero-order valence-corrected chi connectivity index (χ0v) is 17.0. The van der Waals surface area contributed by atoms with E-state index in [1.807, 2.05) is 49.6 Å². The van der Waals surface area contributed by atoms with E-state index in [4.69, 9.17) is 14.2 Å². The third-order valence-corrected chi connectivity index (χ3v) is 4.93. The van der Waals surface area contributed by atoms with Gasteiger partial charge in [-0.3, -0.25) is 4.79 Å². The van der Waals surface area contributed by atoms with Gasteiger partial charge < -0.3 is 24.1 Å². The third-order valence-electron chi connectivity index (χ3n) is 4.93. The average molecular weight is 406 g/mol. The Hall–Kier alpha value is -3.74. The molecule has 7 nitrogen and oxygen atoms in total. The van der Waals surface area contributed by atoms with Crippen LogP contribution in [0.1, 0.15) is 27.3 Å². The molecular weight excluding hydrogens is 384 g/mol. The first-order valence-electron chi connectivity index (χ1n) is 9.55. The number of nitrogens with zero attached hydrogens (tertiary/aromatic N) is 1. The SMILES string of the molecule is Cc1ccc(-n2c(C)cc(C(=O)OCC(=O)Nc3ccc4c(c3)OCO4)c2C)cc1. The number of nitrogens with one attached hydrogen (secondary N) is 1. The van der Waals surface area contributed by atoms with Crippen molar-refractivity contribution in [3.05, 3.63) is 71.0 Å². The molecule has 0 radical (unpaired) electrons. The van der Waals surface area contributed by atoms with Gasteiger partial charge in [0.2, 0.25) is 6.79 Å². The predicted octanol–water partition coefficient (Wildman–Crippen LogP) is 3.93. The Morgan fingerprint density at radius 3 is 2.50 bits per heavy atom. The Kier molecular flexibility index (Phi) is 5.18. The maximum atomic E-state index is 12.6. The summed E-state index contributed by atoms with van der Waals surface area (Å²) in [6, 6.07) is 14.9. The number of carbonyl (C=O) groups excluding carboxylic acids is 2. The van der Waals surface area contributed by atoms with Gasteiger partial charge in [-0.2, -0.15) is 0 Å². The fourth-order valence-corrected chi connectivity index (χ4v) is 3.44. The van der Waals surface area contributed by atoms with E-state index in [2.05, 4.69) is 5.32 Å². The van der Waals surface area contributed by atoms with E-state index in [9.17, 15) is 9.59 Å². The van der Waals surface area contributed by atoms with E-state index in [0.717, 1.165) is 22.6 Å². The quantitative estimate of drug-likeness (QED) is 0.650. The lowest BCUT2D eigenvalue weighted by molar-refractivity contribution is -0.119. The molecule has 1 N–H and O–H groups in total. The second kappa shape index (κ2) is 7.94. The van der Waals surface area contributed by atoms with Crippen LogP contribution in [0.25, 0.3) is 5.69 Å². The third kappa shape index (κ3) is 3.87. The van der Waals surface area contributed by atoms with Crippen molar-refractivity contribution < 1.29 is 23.8 Å². The summed E-state index contributed by atoms with van der Waals surface area (Å²) in [6.07, 6.45) is 0. The number of anilines is 1. The molecule has 0 fully saturated rings. The van der Waals surface area contributed by atoms with Crippen LogP contribution in [-0.2, 0) is 9.53 Å². The minimum atomic E-state index is -0.540. The van der Waals surface area contributed by atoms with Crippen LogP contribution in [0.15, 0.2) is 48.5 Å². The average Bonchev–Trinajstić information content (AvgIpc) is 3.30. The summed E-state index contributed by atoms with van der Waals surface area (Å²) in [7, 11) is 0. The fourth-order valence-electron chi connectivity index (χ4n) is 3.44. The normalized spacial score (nSPS) is 12.0. The van der Waals surface area contributed by atoms with Gasteiger partial charge in [0, 0.05) is 28.8 Å². The van der Waals surface area contributed by atoms with Gasteiger partial charge in [0.25, 0.3) is 5.91 Å². The molecule has 154 valence electrons. The second-order valence-corrected chi connectivity index (χ2v) is 7.15. The molecule has 0 saturated carbocycles. The van der Waals surface area contributed by atoms with Gasteiger partial charge in [0.05, 0.1) is 5.56 Å². The van der Waals surface area contributed by atoms with Crippen molar-refractivity contribution in [2.75, 3.05) is 18.7 Å². The predicted molar refractivity (Wildman–Crippen MR) is 111 cm³/mol. The Bertz CT molecular complexity index is 1120. The summed E-state index contributed by atoms with van der Waals surface area (Å²) in [5.41, 5.74) is 4.77. The van der Waals surface area contributed by atoms with Crippen LogP contribution in [0.4, 0.5) is 5.69 Å². The number of hydrogen-bond acceptors (Lipinski definition) is 5. The van der Waals surface area contributed by atoms with E-state index in [0.29, 0.717) is 22.7 Å².